The third-order valence-corrected chi connectivity index (χ3v) is 3.84. The van der Waals surface area contributed by atoms with Gasteiger partial charge in [0, 0.05) is 18.8 Å². The van der Waals surface area contributed by atoms with Gasteiger partial charge in [-0.1, -0.05) is 38.1 Å². The second-order valence-corrected chi connectivity index (χ2v) is 6.12. The van der Waals surface area contributed by atoms with E-state index in [1.54, 1.807) is 31.5 Å². The molecule has 0 saturated carbocycles. The number of nitrogens with two attached hydrogens (primary N) is 1. The van der Waals surface area contributed by atoms with E-state index in [-0.39, 0.29) is 11.9 Å². The fraction of sp³-hybridized carbons (Fsp3) is 0.368. The first-order valence-corrected chi connectivity index (χ1v) is 8.17. The van der Waals surface area contributed by atoms with Crippen LogP contribution in [-0.4, -0.2) is 23.5 Å². The van der Waals surface area contributed by atoms with Gasteiger partial charge in [-0.2, -0.15) is 0 Å². The molecule has 0 aliphatic rings. The van der Waals surface area contributed by atoms with Gasteiger partial charge in [0.15, 0.2) is 6.10 Å². The van der Waals surface area contributed by atoms with Crippen LogP contribution in [0.3, 0.4) is 0 Å². The summed E-state index contributed by atoms with van der Waals surface area (Å²) in [5.41, 5.74) is 8.43. The van der Waals surface area contributed by atoms with Gasteiger partial charge in [0.05, 0.1) is 6.20 Å². The molecule has 5 nitrogen and oxygen atoms in total. The van der Waals surface area contributed by atoms with Crippen LogP contribution in [0.5, 0.6) is 5.75 Å². The van der Waals surface area contributed by atoms with Crippen LogP contribution >= 0.6 is 0 Å². The highest BCUT2D eigenvalue weighted by Crippen LogP contribution is 2.17. The Hall–Kier alpha value is -2.40. The summed E-state index contributed by atoms with van der Waals surface area (Å²) in [6.07, 6.45) is 2.62. The molecule has 2 unspecified atom stereocenters. The van der Waals surface area contributed by atoms with Crippen molar-refractivity contribution in [2.45, 2.75) is 38.8 Å². The summed E-state index contributed by atoms with van der Waals surface area (Å²) in [6.45, 7) is 6.36. The third kappa shape index (κ3) is 5.06. The SMILES string of the molecule is CC(Oc1cccnc1)C(=O)NCC(N)c1ccc(C(C)C)cc1. The molecule has 0 fully saturated rings. The lowest BCUT2D eigenvalue weighted by Crippen LogP contribution is -2.39. The molecule has 0 radical (unpaired) electrons. The molecule has 2 aromatic rings. The largest absolute Gasteiger partial charge is 0.479 e. The van der Waals surface area contributed by atoms with Crippen molar-refractivity contribution in [1.82, 2.24) is 10.3 Å². The highest BCUT2D eigenvalue weighted by atomic mass is 16.5. The fourth-order valence-electron chi connectivity index (χ4n) is 2.27. The number of amides is 1. The van der Waals surface area contributed by atoms with Crippen molar-refractivity contribution >= 4 is 5.91 Å². The summed E-state index contributed by atoms with van der Waals surface area (Å²) >= 11 is 0. The first kappa shape index (κ1) is 17.9. The smallest absolute Gasteiger partial charge is 0.260 e. The number of benzene rings is 1. The number of rotatable bonds is 7. The number of ether oxygens (including phenoxy) is 1. The van der Waals surface area contributed by atoms with Crippen molar-refractivity contribution < 1.29 is 9.53 Å². The van der Waals surface area contributed by atoms with Gasteiger partial charge in [0.1, 0.15) is 5.75 Å². The average molecular weight is 327 g/mol. The Kier molecular flexibility index (Phi) is 6.32. The first-order chi connectivity index (χ1) is 11.5. The van der Waals surface area contributed by atoms with E-state index < -0.39 is 6.10 Å². The average Bonchev–Trinajstić information content (AvgIpc) is 2.60. The zero-order chi connectivity index (χ0) is 17.5. The maximum atomic E-state index is 12.1. The maximum absolute atomic E-state index is 12.1. The van der Waals surface area contributed by atoms with Gasteiger partial charge in [-0.15, -0.1) is 0 Å². The molecule has 24 heavy (non-hydrogen) atoms. The van der Waals surface area contributed by atoms with Gasteiger partial charge >= 0.3 is 0 Å². The standard InChI is InChI=1S/C19H25N3O2/c1-13(2)15-6-8-16(9-7-15)18(20)12-22-19(23)14(3)24-17-5-4-10-21-11-17/h4-11,13-14,18H,12,20H2,1-3H3,(H,22,23). The van der Waals surface area contributed by atoms with Crippen LogP contribution in [0.1, 0.15) is 43.9 Å². The van der Waals surface area contributed by atoms with Crippen LogP contribution in [0.2, 0.25) is 0 Å². The molecule has 2 rings (SSSR count). The Morgan fingerprint density at radius 1 is 1.17 bits per heavy atom. The van der Waals surface area contributed by atoms with E-state index in [0.717, 1.165) is 5.56 Å². The monoisotopic (exact) mass is 327 g/mol. The second-order valence-electron chi connectivity index (χ2n) is 6.12. The van der Waals surface area contributed by atoms with E-state index in [1.165, 1.54) is 5.56 Å². The minimum Gasteiger partial charge on any atom is -0.479 e. The highest BCUT2D eigenvalue weighted by molar-refractivity contribution is 5.80. The molecule has 1 aromatic carbocycles. The predicted octanol–water partition coefficient (Wildman–Crippen LogP) is 2.79. The number of pyridine rings is 1. The van der Waals surface area contributed by atoms with E-state index >= 15 is 0 Å². The molecule has 0 aliphatic heterocycles. The molecular weight excluding hydrogens is 302 g/mol. The van der Waals surface area contributed by atoms with E-state index in [9.17, 15) is 4.79 Å². The zero-order valence-corrected chi connectivity index (χ0v) is 14.4. The fourth-order valence-corrected chi connectivity index (χ4v) is 2.27. The Morgan fingerprint density at radius 2 is 1.83 bits per heavy atom. The molecule has 128 valence electrons. The summed E-state index contributed by atoms with van der Waals surface area (Å²) in [5, 5.41) is 2.83. The van der Waals surface area contributed by atoms with Crippen molar-refractivity contribution in [3.8, 4) is 5.75 Å². The predicted molar refractivity (Wildman–Crippen MR) is 94.8 cm³/mol. The van der Waals surface area contributed by atoms with Gasteiger partial charge in [-0.25, -0.2) is 0 Å². The van der Waals surface area contributed by atoms with Gasteiger partial charge < -0.3 is 15.8 Å². The summed E-state index contributed by atoms with van der Waals surface area (Å²) < 4.78 is 5.54. The molecule has 0 aliphatic carbocycles. The van der Waals surface area contributed by atoms with Crippen molar-refractivity contribution in [2.75, 3.05) is 6.54 Å². The van der Waals surface area contributed by atoms with Crippen LogP contribution in [-0.2, 0) is 4.79 Å². The molecular formula is C19H25N3O2. The minimum atomic E-state index is -0.607. The van der Waals surface area contributed by atoms with Crippen molar-refractivity contribution in [3.63, 3.8) is 0 Å². The van der Waals surface area contributed by atoms with Gasteiger partial charge in [-0.3, -0.25) is 9.78 Å². The first-order valence-electron chi connectivity index (χ1n) is 8.17. The number of nitrogens with one attached hydrogen (secondary N) is 1. The molecule has 5 heteroatoms. The summed E-state index contributed by atoms with van der Waals surface area (Å²) in [6, 6.07) is 11.5. The van der Waals surface area contributed by atoms with E-state index in [1.807, 2.05) is 12.1 Å². The zero-order valence-electron chi connectivity index (χ0n) is 14.4. The van der Waals surface area contributed by atoms with Crippen LogP contribution in [0, 0.1) is 0 Å². The van der Waals surface area contributed by atoms with E-state index in [2.05, 4.69) is 36.3 Å². The Bertz CT molecular complexity index is 641. The minimum absolute atomic E-state index is 0.201. The maximum Gasteiger partial charge on any atom is 0.260 e. The van der Waals surface area contributed by atoms with Crippen molar-refractivity contribution in [2.24, 2.45) is 5.73 Å². The number of aromatic nitrogens is 1. The number of hydrogen-bond donors (Lipinski definition) is 2. The van der Waals surface area contributed by atoms with E-state index in [4.69, 9.17) is 10.5 Å². The Labute approximate surface area is 143 Å². The van der Waals surface area contributed by atoms with Crippen LogP contribution in [0.4, 0.5) is 0 Å². The topological polar surface area (TPSA) is 77.2 Å². The Balaban J connectivity index is 1.84. The lowest BCUT2D eigenvalue weighted by atomic mass is 9.99. The van der Waals surface area contributed by atoms with E-state index in [0.29, 0.717) is 18.2 Å². The van der Waals surface area contributed by atoms with Crippen molar-refractivity contribution in [1.29, 1.82) is 0 Å². The number of nitrogens with zero attached hydrogens (tertiary/aromatic N) is 1. The number of carbonyl (C=O) groups is 1. The van der Waals surface area contributed by atoms with Gasteiger partial charge in [-0.05, 0) is 36.1 Å². The molecule has 2 atom stereocenters. The van der Waals surface area contributed by atoms with Crippen LogP contribution in [0.15, 0.2) is 48.8 Å². The van der Waals surface area contributed by atoms with Crippen LogP contribution in [0.25, 0.3) is 0 Å². The lowest BCUT2D eigenvalue weighted by molar-refractivity contribution is -0.127. The van der Waals surface area contributed by atoms with Crippen LogP contribution < -0.4 is 15.8 Å². The molecule has 0 bridgehead atoms. The van der Waals surface area contributed by atoms with Gasteiger partial charge in [0.2, 0.25) is 0 Å². The summed E-state index contributed by atoms with van der Waals surface area (Å²) in [4.78, 5) is 16.1. The normalized spacial score (nSPS) is 13.4. The third-order valence-electron chi connectivity index (χ3n) is 3.84. The Morgan fingerprint density at radius 3 is 2.42 bits per heavy atom. The lowest BCUT2D eigenvalue weighted by Gasteiger charge is -2.17. The molecule has 0 saturated heterocycles. The number of hydrogen-bond acceptors (Lipinski definition) is 4. The number of carbonyl (C=O) groups excluding carboxylic acids is 1. The van der Waals surface area contributed by atoms with Gasteiger partial charge in [0.25, 0.3) is 5.91 Å². The highest BCUT2D eigenvalue weighted by Gasteiger charge is 2.16. The molecule has 1 amide bonds. The molecule has 1 aromatic heterocycles. The molecule has 0 spiro atoms. The summed E-state index contributed by atoms with van der Waals surface area (Å²) in [7, 11) is 0. The van der Waals surface area contributed by atoms with Crippen molar-refractivity contribution in [3.05, 3.63) is 59.9 Å². The second kappa shape index (κ2) is 8.45. The molecule has 3 N–H and O–H groups in total. The quantitative estimate of drug-likeness (QED) is 0.820. The molecule has 1 heterocycles. The summed E-state index contributed by atoms with van der Waals surface area (Å²) in [5.74, 6) is 0.849.